The van der Waals surface area contributed by atoms with Crippen LogP contribution in [0.5, 0.6) is 0 Å². The van der Waals surface area contributed by atoms with Crippen LogP contribution in [0.25, 0.3) is 11.1 Å². The highest BCUT2D eigenvalue weighted by atomic mass is 35.5. The Morgan fingerprint density at radius 2 is 1.61 bits per heavy atom. The van der Waals surface area contributed by atoms with Crippen molar-refractivity contribution in [3.05, 3.63) is 59.1 Å². The van der Waals surface area contributed by atoms with Crippen molar-refractivity contribution in [3.8, 4) is 11.1 Å². The van der Waals surface area contributed by atoms with Gasteiger partial charge in [0.25, 0.3) is 0 Å². The molecule has 0 unspecified atom stereocenters. The number of hydrogen-bond donors (Lipinski definition) is 0. The van der Waals surface area contributed by atoms with Gasteiger partial charge in [0.05, 0.1) is 0 Å². The third-order valence-electron chi connectivity index (χ3n) is 3.21. The molecule has 0 saturated carbocycles. The van der Waals surface area contributed by atoms with E-state index in [4.69, 9.17) is 11.6 Å². The topological polar surface area (TPSA) is 0 Å². The molecular formula is C17H19Cl. The quantitative estimate of drug-likeness (QED) is 0.600. The highest BCUT2D eigenvalue weighted by Gasteiger charge is 2.02. The summed E-state index contributed by atoms with van der Waals surface area (Å²) in [4.78, 5) is 0. The first-order valence-corrected chi connectivity index (χ1v) is 7.03. The van der Waals surface area contributed by atoms with E-state index in [9.17, 15) is 0 Å². The summed E-state index contributed by atoms with van der Waals surface area (Å²) in [5.41, 5.74) is 3.72. The highest BCUT2D eigenvalue weighted by Crippen LogP contribution is 2.27. The van der Waals surface area contributed by atoms with Gasteiger partial charge in [-0.3, -0.25) is 0 Å². The van der Waals surface area contributed by atoms with Gasteiger partial charge in [-0.2, -0.15) is 0 Å². The van der Waals surface area contributed by atoms with Gasteiger partial charge in [-0.25, -0.2) is 0 Å². The first-order chi connectivity index (χ1) is 8.81. The Morgan fingerprint density at radius 1 is 0.889 bits per heavy atom. The van der Waals surface area contributed by atoms with Gasteiger partial charge >= 0.3 is 0 Å². The molecule has 0 aliphatic rings. The Kier molecular flexibility index (Phi) is 4.83. The second-order valence-electron chi connectivity index (χ2n) is 4.63. The fraction of sp³-hybridized carbons (Fsp3) is 0.294. The molecule has 18 heavy (non-hydrogen) atoms. The van der Waals surface area contributed by atoms with Crippen molar-refractivity contribution in [1.29, 1.82) is 0 Å². The van der Waals surface area contributed by atoms with Crippen LogP contribution in [0.3, 0.4) is 0 Å². The van der Waals surface area contributed by atoms with E-state index in [0.29, 0.717) is 0 Å². The van der Waals surface area contributed by atoms with Gasteiger partial charge < -0.3 is 0 Å². The molecule has 0 radical (unpaired) electrons. The number of aryl methyl sites for hydroxylation is 1. The van der Waals surface area contributed by atoms with Crippen molar-refractivity contribution >= 4 is 11.6 Å². The Labute approximate surface area is 115 Å². The summed E-state index contributed by atoms with van der Waals surface area (Å²) in [6.07, 6.45) is 5.04. The number of benzene rings is 2. The minimum Gasteiger partial charge on any atom is -0.0837 e. The third kappa shape index (κ3) is 3.36. The molecule has 0 aromatic heterocycles. The van der Waals surface area contributed by atoms with Crippen molar-refractivity contribution in [2.45, 2.75) is 32.6 Å². The zero-order valence-corrected chi connectivity index (χ0v) is 11.6. The molecule has 0 fully saturated rings. The van der Waals surface area contributed by atoms with Gasteiger partial charge in [-0.1, -0.05) is 73.8 Å². The SMILES string of the molecule is CCCCCc1ccc(-c2ccccc2Cl)cc1. The zero-order valence-electron chi connectivity index (χ0n) is 10.8. The molecule has 0 saturated heterocycles. The van der Waals surface area contributed by atoms with Crippen LogP contribution in [-0.4, -0.2) is 0 Å². The molecule has 0 nitrogen and oxygen atoms in total. The molecule has 94 valence electrons. The molecule has 0 aliphatic carbocycles. The summed E-state index contributed by atoms with van der Waals surface area (Å²) >= 11 is 6.20. The molecule has 0 spiro atoms. The van der Waals surface area contributed by atoms with E-state index < -0.39 is 0 Å². The molecule has 1 heteroatoms. The molecule has 0 heterocycles. The Bertz CT molecular complexity index is 485. The van der Waals surface area contributed by atoms with Crippen LogP contribution in [0.15, 0.2) is 48.5 Å². The van der Waals surface area contributed by atoms with Crippen LogP contribution in [0.2, 0.25) is 5.02 Å². The number of unbranched alkanes of at least 4 members (excludes halogenated alkanes) is 2. The first-order valence-electron chi connectivity index (χ1n) is 6.65. The van der Waals surface area contributed by atoms with Crippen molar-refractivity contribution in [3.63, 3.8) is 0 Å². The lowest BCUT2D eigenvalue weighted by molar-refractivity contribution is 0.717. The van der Waals surface area contributed by atoms with Crippen LogP contribution in [0.4, 0.5) is 0 Å². The summed E-state index contributed by atoms with van der Waals surface area (Å²) in [7, 11) is 0. The summed E-state index contributed by atoms with van der Waals surface area (Å²) < 4.78 is 0. The van der Waals surface area contributed by atoms with E-state index in [1.807, 2.05) is 18.2 Å². The van der Waals surface area contributed by atoms with Crippen LogP contribution < -0.4 is 0 Å². The molecular weight excluding hydrogens is 240 g/mol. The summed E-state index contributed by atoms with van der Waals surface area (Å²) in [6, 6.07) is 16.8. The van der Waals surface area contributed by atoms with E-state index in [2.05, 4.69) is 37.3 Å². The number of halogens is 1. The summed E-state index contributed by atoms with van der Waals surface area (Å²) in [5.74, 6) is 0. The van der Waals surface area contributed by atoms with E-state index >= 15 is 0 Å². The standard InChI is InChI=1S/C17H19Cl/c1-2-3-4-7-14-10-12-15(13-11-14)16-8-5-6-9-17(16)18/h5-6,8-13H,2-4,7H2,1H3. The third-order valence-corrected chi connectivity index (χ3v) is 3.54. The smallest absolute Gasteiger partial charge is 0.0484 e. The summed E-state index contributed by atoms with van der Waals surface area (Å²) in [5, 5.41) is 0.816. The average Bonchev–Trinajstić information content (AvgIpc) is 2.41. The first kappa shape index (κ1) is 13.2. The maximum Gasteiger partial charge on any atom is 0.0484 e. The largest absolute Gasteiger partial charge is 0.0837 e. The normalized spacial score (nSPS) is 10.6. The van der Waals surface area contributed by atoms with E-state index in [-0.39, 0.29) is 0 Å². The van der Waals surface area contributed by atoms with Crippen LogP contribution in [0, 0.1) is 0 Å². The molecule has 0 atom stereocenters. The van der Waals surface area contributed by atoms with Crippen LogP contribution in [-0.2, 0) is 6.42 Å². The van der Waals surface area contributed by atoms with E-state index in [1.165, 1.54) is 36.8 Å². The second kappa shape index (κ2) is 6.61. The van der Waals surface area contributed by atoms with Gasteiger partial charge in [0, 0.05) is 10.6 Å². The van der Waals surface area contributed by atoms with Crippen LogP contribution in [0.1, 0.15) is 31.7 Å². The fourth-order valence-electron chi connectivity index (χ4n) is 2.13. The van der Waals surface area contributed by atoms with Crippen LogP contribution >= 0.6 is 11.6 Å². The van der Waals surface area contributed by atoms with Gasteiger partial charge in [-0.15, -0.1) is 0 Å². The maximum absolute atomic E-state index is 6.20. The average molecular weight is 259 g/mol. The van der Waals surface area contributed by atoms with Gasteiger partial charge in [0.1, 0.15) is 0 Å². The monoisotopic (exact) mass is 258 g/mol. The summed E-state index contributed by atoms with van der Waals surface area (Å²) in [6.45, 7) is 2.24. The predicted molar refractivity (Wildman–Crippen MR) is 80.1 cm³/mol. The van der Waals surface area contributed by atoms with Crippen molar-refractivity contribution in [1.82, 2.24) is 0 Å². The van der Waals surface area contributed by atoms with E-state index in [0.717, 1.165) is 10.6 Å². The second-order valence-corrected chi connectivity index (χ2v) is 5.04. The van der Waals surface area contributed by atoms with Crippen molar-refractivity contribution in [2.24, 2.45) is 0 Å². The minimum atomic E-state index is 0.816. The Balaban J connectivity index is 2.10. The number of hydrogen-bond acceptors (Lipinski definition) is 0. The molecule has 0 aliphatic heterocycles. The molecule has 0 bridgehead atoms. The lowest BCUT2D eigenvalue weighted by Crippen LogP contribution is -1.86. The van der Waals surface area contributed by atoms with Gasteiger partial charge in [-0.05, 0) is 30.0 Å². The van der Waals surface area contributed by atoms with Crippen molar-refractivity contribution in [2.75, 3.05) is 0 Å². The number of rotatable bonds is 5. The van der Waals surface area contributed by atoms with Crippen molar-refractivity contribution < 1.29 is 0 Å². The lowest BCUT2D eigenvalue weighted by Gasteiger charge is -2.06. The fourth-order valence-corrected chi connectivity index (χ4v) is 2.37. The maximum atomic E-state index is 6.20. The predicted octanol–water partition coefficient (Wildman–Crippen LogP) is 5.74. The molecule has 0 N–H and O–H groups in total. The molecule has 2 aromatic rings. The molecule has 2 aromatic carbocycles. The highest BCUT2D eigenvalue weighted by molar-refractivity contribution is 6.33. The van der Waals surface area contributed by atoms with E-state index in [1.54, 1.807) is 0 Å². The molecule has 2 rings (SSSR count). The Hall–Kier alpha value is -1.27. The van der Waals surface area contributed by atoms with Gasteiger partial charge in [0.2, 0.25) is 0 Å². The minimum absolute atomic E-state index is 0.816. The zero-order chi connectivity index (χ0) is 12.8. The lowest BCUT2D eigenvalue weighted by atomic mass is 10.0. The Morgan fingerprint density at radius 3 is 2.28 bits per heavy atom. The molecule has 0 amide bonds. The van der Waals surface area contributed by atoms with Gasteiger partial charge in [0.15, 0.2) is 0 Å².